The fourth-order valence-corrected chi connectivity index (χ4v) is 1.83. The molecule has 1 aromatic carbocycles. The third-order valence-corrected chi connectivity index (χ3v) is 3.14. The monoisotopic (exact) mass is 223 g/mol. The maximum atomic E-state index is 13.6. The quantitative estimate of drug-likeness (QED) is 0.727. The van der Waals surface area contributed by atoms with Crippen molar-refractivity contribution in [3.05, 3.63) is 35.6 Å². The van der Waals surface area contributed by atoms with Gasteiger partial charge in [0.1, 0.15) is 5.82 Å². The Morgan fingerprint density at radius 2 is 1.94 bits per heavy atom. The van der Waals surface area contributed by atoms with Crippen LogP contribution < -0.4 is 5.32 Å². The minimum Gasteiger partial charge on any atom is -0.316 e. The Morgan fingerprint density at radius 1 is 1.25 bits per heavy atom. The van der Waals surface area contributed by atoms with Crippen LogP contribution in [0.2, 0.25) is 0 Å². The summed E-state index contributed by atoms with van der Waals surface area (Å²) in [4.78, 5) is 0. The molecule has 0 radical (unpaired) electrons. The van der Waals surface area contributed by atoms with Gasteiger partial charge in [0.2, 0.25) is 0 Å². The lowest BCUT2D eigenvalue weighted by Gasteiger charge is -2.21. The zero-order chi connectivity index (χ0) is 12.0. The standard InChI is InChI=1S/C14H22FN/c1-4-9-16-10-11(2)12(3)13-7-5-6-8-14(13)15/h5-8,11-12,16H,4,9-10H2,1-3H3. The van der Waals surface area contributed by atoms with Crippen molar-refractivity contribution in [2.24, 2.45) is 5.92 Å². The molecule has 0 aliphatic carbocycles. The van der Waals surface area contributed by atoms with Crippen LogP contribution in [0, 0.1) is 11.7 Å². The minimum absolute atomic E-state index is 0.0858. The van der Waals surface area contributed by atoms with Gasteiger partial charge in [0.25, 0.3) is 0 Å². The fraction of sp³-hybridized carbons (Fsp3) is 0.571. The summed E-state index contributed by atoms with van der Waals surface area (Å²) in [5.74, 6) is 0.617. The van der Waals surface area contributed by atoms with Crippen molar-refractivity contribution in [1.82, 2.24) is 5.32 Å². The smallest absolute Gasteiger partial charge is 0.126 e. The fourth-order valence-electron chi connectivity index (χ4n) is 1.83. The molecule has 1 rings (SSSR count). The third kappa shape index (κ3) is 3.60. The van der Waals surface area contributed by atoms with E-state index >= 15 is 0 Å². The molecular formula is C14H22FN. The van der Waals surface area contributed by atoms with E-state index in [4.69, 9.17) is 0 Å². The van der Waals surface area contributed by atoms with Crippen LogP contribution in [-0.2, 0) is 0 Å². The summed E-state index contributed by atoms with van der Waals surface area (Å²) in [7, 11) is 0. The van der Waals surface area contributed by atoms with Crippen LogP contribution in [0.3, 0.4) is 0 Å². The molecule has 16 heavy (non-hydrogen) atoms. The van der Waals surface area contributed by atoms with Crippen LogP contribution in [0.5, 0.6) is 0 Å². The van der Waals surface area contributed by atoms with Gasteiger partial charge in [-0.1, -0.05) is 39.0 Å². The summed E-state index contributed by atoms with van der Waals surface area (Å²) < 4.78 is 13.6. The Balaban J connectivity index is 2.56. The van der Waals surface area contributed by atoms with Crippen molar-refractivity contribution in [3.63, 3.8) is 0 Å². The van der Waals surface area contributed by atoms with Crippen molar-refractivity contribution in [3.8, 4) is 0 Å². The number of benzene rings is 1. The van der Waals surface area contributed by atoms with Crippen LogP contribution in [0.15, 0.2) is 24.3 Å². The molecule has 1 nitrogen and oxygen atoms in total. The van der Waals surface area contributed by atoms with E-state index in [0.717, 1.165) is 25.1 Å². The van der Waals surface area contributed by atoms with Gasteiger partial charge in [-0.3, -0.25) is 0 Å². The van der Waals surface area contributed by atoms with Crippen molar-refractivity contribution < 1.29 is 4.39 Å². The highest BCUT2D eigenvalue weighted by atomic mass is 19.1. The highest BCUT2D eigenvalue weighted by Gasteiger charge is 2.16. The van der Waals surface area contributed by atoms with Crippen LogP contribution in [0.25, 0.3) is 0 Å². The normalized spacial score (nSPS) is 14.8. The van der Waals surface area contributed by atoms with Crippen LogP contribution >= 0.6 is 0 Å². The molecule has 0 heterocycles. The molecule has 2 atom stereocenters. The first kappa shape index (κ1) is 13.2. The Labute approximate surface area is 98.1 Å². The van der Waals surface area contributed by atoms with E-state index in [1.165, 1.54) is 6.07 Å². The SMILES string of the molecule is CCCNCC(C)C(C)c1ccccc1F. The van der Waals surface area contributed by atoms with E-state index in [1.54, 1.807) is 6.07 Å². The van der Waals surface area contributed by atoms with Gasteiger partial charge in [0.05, 0.1) is 0 Å². The van der Waals surface area contributed by atoms with Crippen LogP contribution in [0.4, 0.5) is 4.39 Å². The highest BCUT2D eigenvalue weighted by molar-refractivity contribution is 5.21. The molecule has 2 unspecified atom stereocenters. The van der Waals surface area contributed by atoms with Crippen LogP contribution in [0.1, 0.15) is 38.7 Å². The van der Waals surface area contributed by atoms with Gasteiger partial charge in [-0.05, 0) is 43.0 Å². The average Bonchev–Trinajstić information content (AvgIpc) is 2.29. The Kier molecular flexibility index (Phi) is 5.47. The number of rotatable bonds is 6. The second kappa shape index (κ2) is 6.64. The molecule has 0 spiro atoms. The van der Waals surface area contributed by atoms with E-state index in [0.29, 0.717) is 5.92 Å². The van der Waals surface area contributed by atoms with E-state index in [9.17, 15) is 4.39 Å². The first-order valence-corrected chi connectivity index (χ1v) is 6.12. The van der Waals surface area contributed by atoms with Gasteiger partial charge in [-0.25, -0.2) is 4.39 Å². The van der Waals surface area contributed by atoms with Gasteiger partial charge in [-0.2, -0.15) is 0 Å². The minimum atomic E-state index is -0.0858. The van der Waals surface area contributed by atoms with Crippen molar-refractivity contribution in [2.45, 2.75) is 33.1 Å². The first-order chi connectivity index (χ1) is 7.66. The van der Waals surface area contributed by atoms with Gasteiger partial charge in [0, 0.05) is 0 Å². The Bertz CT molecular complexity index is 311. The molecule has 0 saturated carbocycles. The average molecular weight is 223 g/mol. The molecule has 0 aliphatic rings. The molecule has 0 saturated heterocycles. The summed E-state index contributed by atoms with van der Waals surface area (Å²) in [6, 6.07) is 7.07. The molecule has 0 aliphatic heterocycles. The topological polar surface area (TPSA) is 12.0 Å². The predicted molar refractivity (Wildman–Crippen MR) is 67.1 cm³/mol. The van der Waals surface area contributed by atoms with Gasteiger partial charge in [0.15, 0.2) is 0 Å². The largest absolute Gasteiger partial charge is 0.316 e. The van der Waals surface area contributed by atoms with Crippen molar-refractivity contribution >= 4 is 0 Å². The van der Waals surface area contributed by atoms with Crippen molar-refractivity contribution in [2.75, 3.05) is 13.1 Å². The van der Waals surface area contributed by atoms with Crippen molar-refractivity contribution in [1.29, 1.82) is 0 Å². The van der Waals surface area contributed by atoms with Gasteiger partial charge in [-0.15, -0.1) is 0 Å². The molecule has 1 N–H and O–H groups in total. The lowest BCUT2D eigenvalue weighted by molar-refractivity contribution is 0.435. The second-order valence-electron chi connectivity index (χ2n) is 4.49. The lowest BCUT2D eigenvalue weighted by Crippen LogP contribution is -2.25. The number of hydrogen-bond acceptors (Lipinski definition) is 1. The highest BCUT2D eigenvalue weighted by Crippen LogP contribution is 2.25. The summed E-state index contributed by atoms with van der Waals surface area (Å²) >= 11 is 0. The molecule has 0 aromatic heterocycles. The summed E-state index contributed by atoms with van der Waals surface area (Å²) in [5.41, 5.74) is 0.827. The van der Waals surface area contributed by atoms with E-state index in [1.807, 2.05) is 12.1 Å². The maximum Gasteiger partial charge on any atom is 0.126 e. The van der Waals surface area contributed by atoms with Gasteiger partial charge >= 0.3 is 0 Å². The number of halogens is 1. The van der Waals surface area contributed by atoms with E-state index in [-0.39, 0.29) is 11.7 Å². The Morgan fingerprint density at radius 3 is 2.56 bits per heavy atom. The zero-order valence-corrected chi connectivity index (χ0v) is 10.5. The summed E-state index contributed by atoms with van der Waals surface area (Å²) in [5, 5.41) is 3.38. The third-order valence-electron chi connectivity index (χ3n) is 3.14. The molecule has 0 bridgehead atoms. The molecule has 1 aromatic rings. The van der Waals surface area contributed by atoms with E-state index < -0.39 is 0 Å². The first-order valence-electron chi connectivity index (χ1n) is 6.12. The molecule has 2 heteroatoms. The predicted octanol–water partition coefficient (Wildman–Crippen LogP) is 3.56. The summed E-state index contributed by atoms with van der Waals surface area (Å²) in [6.07, 6.45) is 1.14. The summed E-state index contributed by atoms with van der Waals surface area (Å²) in [6.45, 7) is 8.39. The number of hydrogen-bond donors (Lipinski definition) is 1. The molecule has 0 amide bonds. The second-order valence-corrected chi connectivity index (χ2v) is 4.49. The molecule has 0 fully saturated rings. The molecule has 90 valence electrons. The van der Waals surface area contributed by atoms with Gasteiger partial charge < -0.3 is 5.32 Å². The van der Waals surface area contributed by atoms with E-state index in [2.05, 4.69) is 26.1 Å². The van der Waals surface area contributed by atoms with Crippen LogP contribution in [-0.4, -0.2) is 13.1 Å². The zero-order valence-electron chi connectivity index (χ0n) is 10.5. The number of nitrogens with one attached hydrogen (secondary N) is 1. The Hall–Kier alpha value is -0.890. The maximum absolute atomic E-state index is 13.6. The lowest BCUT2D eigenvalue weighted by atomic mass is 9.88. The molecular weight excluding hydrogens is 201 g/mol.